The Morgan fingerprint density at radius 3 is 2.06 bits per heavy atom. The van der Waals surface area contributed by atoms with Gasteiger partial charge in [-0.05, 0) is 45.0 Å². The highest BCUT2D eigenvalue weighted by Crippen LogP contribution is 2.30. The first-order chi connectivity index (χ1) is 14.2. The summed E-state index contributed by atoms with van der Waals surface area (Å²) in [6, 6.07) is 3.31. The van der Waals surface area contributed by atoms with Crippen LogP contribution in [0.3, 0.4) is 0 Å². The number of sulfonamides is 1. The van der Waals surface area contributed by atoms with E-state index < -0.39 is 33.5 Å². The monoisotopic (exact) mass is 465 g/mol. The van der Waals surface area contributed by atoms with Crippen molar-refractivity contribution in [2.45, 2.75) is 43.9 Å². The summed E-state index contributed by atoms with van der Waals surface area (Å²) >= 11 is 0. The van der Waals surface area contributed by atoms with Gasteiger partial charge >= 0.3 is 12.3 Å². The molecular weight excluding hydrogens is 439 g/mol. The van der Waals surface area contributed by atoms with Gasteiger partial charge in [0.15, 0.2) is 0 Å². The number of halogens is 3. The summed E-state index contributed by atoms with van der Waals surface area (Å²) in [6.45, 7) is 5.57. The second-order valence-corrected chi connectivity index (χ2v) is 9.92. The molecule has 0 saturated carbocycles. The van der Waals surface area contributed by atoms with Crippen LogP contribution >= 0.6 is 0 Å². The number of piperazine rings is 1. The number of nitrogens with zero attached hydrogens (tertiary/aromatic N) is 2. The molecule has 2 amide bonds. The van der Waals surface area contributed by atoms with Crippen LogP contribution in [-0.2, 0) is 25.7 Å². The Kier molecular flexibility index (Phi) is 7.58. The van der Waals surface area contributed by atoms with Gasteiger partial charge in [-0.25, -0.2) is 13.2 Å². The van der Waals surface area contributed by atoms with E-state index in [1.807, 2.05) is 0 Å². The average molecular weight is 465 g/mol. The van der Waals surface area contributed by atoms with Gasteiger partial charge in [0.1, 0.15) is 5.60 Å². The Morgan fingerprint density at radius 2 is 1.58 bits per heavy atom. The fourth-order valence-electron chi connectivity index (χ4n) is 2.89. The van der Waals surface area contributed by atoms with Crippen molar-refractivity contribution >= 4 is 22.0 Å². The van der Waals surface area contributed by atoms with E-state index >= 15 is 0 Å². The van der Waals surface area contributed by atoms with Crippen LogP contribution in [0.4, 0.5) is 18.0 Å². The van der Waals surface area contributed by atoms with Gasteiger partial charge in [-0.15, -0.1) is 0 Å². The van der Waals surface area contributed by atoms with Crippen LogP contribution in [0.5, 0.6) is 0 Å². The minimum absolute atomic E-state index is 0.0224. The molecule has 0 unspecified atom stereocenters. The fourth-order valence-corrected chi connectivity index (χ4v) is 4.31. The molecular formula is C19H26F3N3O5S. The molecule has 0 spiro atoms. The number of carbonyl (C=O) groups is 2. The number of alkyl carbamates (subject to hydrolysis) is 1. The van der Waals surface area contributed by atoms with Crippen LogP contribution in [-0.4, -0.2) is 67.9 Å². The SMILES string of the molecule is CC(C)(C)OC(=O)NCCC(=O)N1CCN(S(=O)(=O)c2ccc(C(F)(F)F)cc2)CC1. The van der Waals surface area contributed by atoms with E-state index in [1.165, 1.54) is 4.90 Å². The van der Waals surface area contributed by atoms with Crippen molar-refractivity contribution in [1.29, 1.82) is 0 Å². The Hall–Kier alpha value is -2.34. The molecule has 0 aromatic heterocycles. The van der Waals surface area contributed by atoms with E-state index in [0.29, 0.717) is 0 Å². The Bertz CT molecular complexity index is 888. The molecule has 174 valence electrons. The number of amides is 2. The predicted molar refractivity (Wildman–Crippen MR) is 106 cm³/mol. The smallest absolute Gasteiger partial charge is 0.416 e. The molecule has 1 N–H and O–H groups in total. The number of hydrogen-bond donors (Lipinski definition) is 1. The van der Waals surface area contributed by atoms with E-state index in [4.69, 9.17) is 4.74 Å². The Balaban J connectivity index is 1.86. The molecule has 1 heterocycles. The first-order valence-electron chi connectivity index (χ1n) is 9.62. The number of carbonyl (C=O) groups excluding carboxylic acids is 2. The highest BCUT2D eigenvalue weighted by molar-refractivity contribution is 7.89. The molecule has 1 saturated heterocycles. The van der Waals surface area contributed by atoms with Gasteiger partial charge in [-0.2, -0.15) is 17.5 Å². The maximum absolute atomic E-state index is 12.7. The van der Waals surface area contributed by atoms with E-state index in [-0.39, 0.29) is 49.9 Å². The molecule has 1 aromatic carbocycles. The molecule has 0 radical (unpaired) electrons. The quantitative estimate of drug-likeness (QED) is 0.721. The molecule has 2 rings (SSSR count). The third-order valence-corrected chi connectivity index (χ3v) is 6.33. The van der Waals surface area contributed by atoms with Crippen molar-refractivity contribution < 1.29 is 35.9 Å². The van der Waals surface area contributed by atoms with Crippen LogP contribution < -0.4 is 5.32 Å². The molecule has 8 nitrogen and oxygen atoms in total. The minimum atomic E-state index is -4.55. The molecule has 1 fully saturated rings. The van der Waals surface area contributed by atoms with E-state index in [1.54, 1.807) is 20.8 Å². The number of alkyl halides is 3. The molecule has 31 heavy (non-hydrogen) atoms. The first kappa shape index (κ1) is 24.9. The van der Waals surface area contributed by atoms with E-state index in [9.17, 15) is 31.2 Å². The second kappa shape index (κ2) is 9.43. The Labute approximate surface area is 179 Å². The number of rotatable bonds is 5. The summed E-state index contributed by atoms with van der Waals surface area (Å²) in [7, 11) is -3.96. The summed E-state index contributed by atoms with van der Waals surface area (Å²) < 4.78 is 69.5. The average Bonchev–Trinajstić information content (AvgIpc) is 2.66. The lowest BCUT2D eigenvalue weighted by molar-refractivity contribution is -0.137. The number of ether oxygens (including phenoxy) is 1. The first-order valence-corrected chi connectivity index (χ1v) is 11.1. The standard InChI is InChI=1S/C19H26F3N3O5S/c1-18(2,3)30-17(27)23-9-8-16(26)24-10-12-25(13-11-24)31(28,29)15-6-4-14(5-7-15)19(20,21)22/h4-7H,8-13H2,1-3H3,(H,23,27). The van der Waals surface area contributed by atoms with Gasteiger partial charge in [0.25, 0.3) is 0 Å². The van der Waals surface area contributed by atoms with E-state index in [0.717, 1.165) is 28.6 Å². The maximum atomic E-state index is 12.7. The zero-order valence-electron chi connectivity index (χ0n) is 17.5. The molecule has 12 heteroatoms. The van der Waals surface area contributed by atoms with Crippen molar-refractivity contribution in [2.75, 3.05) is 32.7 Å². The fraction of sp³-hybridized carbons (Fsp3) is 0.579. The molecule has 0 aliphatic carbocycles. The van der Waals surface area contributed by atoms with Crippen LogP contribution in [0.2, 0.25) is 0 Å². The lowest BCUT2D eigenvalue weighted by Crippen LogP contribution is -2.50. The van der Waals surface area contributed by atoms with Crippen LogP contribution in [0.25, 0.3) is 0 Å². The topological polar surface area (TPSA) is 96.0 Å². The van der Waals surface area contributed by atoms with Crippen molar-refractivity contribution in [2.24, 2.45) is 0 Å². The van der Waals surface area contributed by atoms with Crippen LogP contribution in [0.1, 0.15) is 32.8 Å². The van der Waals surface area contributed by atoms with Gasteiger partial charge in [-0.3, -0.25) is 4.79 Å². The number of hydrogen-bond acceptors (Lipinski definition) is 5. The van der Waals surface area contributed by atoms with Gasteiger partial charge < -0.3 is 15.0 Å². The minimum Gasteiger partial charge on any atom is -0.444 e. The van der Waals surface area contributed by atoms with Crippen molar-refractivity contribution in [3.05, 3.63) is 29.8 Å². The third-order valence-electron chi connectivity index (χ3n) is 4.42. The highest BCUT2D eigenvalue weighted by atomic mass is 32.2. The van der Waals surface area contributed by atoms with Gasteiger partial charge in [0, 0.05) is 39.1 Å². The van der Waals surface area contributed by atoms with Gasteiger partial charge in [-0.1, -0.05) is 0 Å². The van der Waals surface area contributed by atoms with Gasteiger partial charge in [0.05, 0.1) is 10.5 Å². The third kappa shape index (κ3) is 7.10. The zero-order chi connectivity index (χ0) is 23.4. The van der Waals surface area contributed by atoms with Crippen LogP contribution in [0, 0.1) is 0 Å². The van der Waals surface area contributed by atoms with Crippen LogP contribution in [0.15, 0.2) is 29.2 Å². The predicted octanol–water partition coefficient (Wildman–Crippen LogP) is 2.45. The molecule has 0 bridgehead atoms. The number of nitrogens with one attached hydrogen (secondary N) is 1. The summed E-state index contributed by atoms with van der Waals surface area (Å²) in [5.41, 5.74) is -1.58. The largest absolute Gasteiger partial charge is 0.444 e. The lowest BCUT2D eigenvalue weighted by Gasteiger charge is -2.34. The van der Waals surface area contributed by atoms with Gasteiger partial charge in [0.2, 0.25) is 15.9 Å². The summed E-state index contributed by atoms with van der Waals surface area (Å²) in [4.78, 5) is 25.1. The normalized spacial score (nSPS) is 16.1. The van der Waals surface area contributed by atoms with E-state index in [2.05, 4.69) is 5.32 Å². The maximum Gasteiger partial charge on any atom is 0.416 e. The zero-order valence-corrected chi connectivity index (χ0v) is 18.3. The second-order valence-electron chi connectivity index (χ2n) is 7.99. The number of benzene rings is 1. The Morgan fingerprint density at radius 1 is 1.03 bits per heavy atom. The molecule has 0 atom stereocenters. The van der Waals surface area contributed by atoms with Crippen molar-refractivity contribution in [3.63, 3.8) is 0 Å². The van der Waals surface area contributed by atoms with Crippen molar-refractivity contribution in [3.8, 4) is 0 Å². The molecule has 1 aliphatic heterocycles. The summed E-state index contributed by atoms with van der Waals surface area (Å²) in [5.74, 6) is -0.248. The van der Waals surface area contributed by atoms with Crippen molar-refractivity contribution in [1.82, 2.24) is 14.5 Å². The summed E-state index contributed by atoms with van der Waals surface area (Å²) in [5, 5.41) is 2.48. The molecule has 1 aliphatic rings. The molecule has 1 aromatic rings. The summed E-state index contributed by atoms with van der Waals surface area (Å²) in [6.07, 6.45) is -5.15. The highest BCUT2D eigenvalue weighted by Gasteiger charge is 2.33. The lowest BCUT2D eigenvalue weighted by atomic mass is 10.2.